The van der Waals surface area contributed by atoms with Crippen LogP contribution in [0.25, 0.3) is 0 Å². The molecule has 1 fully saturated rings. The maximum atomic E-state index is 6.17. The Bertz CT molecular complexity index is 225. The highest BCUT2D eigenvalue weighted by atomic mass is 16.5. The van der Waals surface area contributed by atoms with Crippen molar-refractivity contribution < 1.29 is 4.74 Å². The molecule has 0 spiro atoms. The minimum absolute atomic E-state index is 0.0365. The number of rotatable bonds is 5. The van der Waals surface area contributed by atoms with Crippen LogP contribution in [0.1, 0.15) is 47.5 Å². The van der Waals surface area contributed by atoms with Crippen molar-refractivity contribution in [1.29, 1.82) is 0 Å². The highest BCUT2D eigenvalue weighted by Gasteiger charge is 2.34. The molecule has 1 unspecified atom stereocenters. The molecular formula is C13H28N2O. The summed E-state index contributed by atoms with van der Waals surface area (Å²) in [6.07, 6.45) is 2.34. The zero-order valence-corrected chi connectivity index (χ0v) is 11.5. The van der Waals surface area contributed by atoms with Crippen molar-refractivity contribution in [3.8, 4) is 0 Å². The summed E-state index contributed by atoms with van der Waals surface area (Å²) < 4.78 is 5.75. The average Bonchev–Trinajstić information content (AvgIpc) is 2.50. The van der Waals surface area contributed by atoms with Crippen LogP contribution < -0.4 is 11.1 Å². The summed E-state index contributed by atoms with van der Waals surface area (Å²) in [5.74, 6) is 0. The molecule has 3 N–H and O–H groups in total. The van der Waals surface area contributed by atoms with E-state index in [0.29, 0.717) is 0 Å². The fourth-order valence-electron chi connectivity index (χ4n) is 1.84. The summed E-state index contributed by atoms with van der Waals surface area (Å²) >= 11 is 0. The van der Waals surface area contributed by atoms with Gasteiger partial charge in [-0.25, -0.2) is 0 Å². The van der Waals surface area contributed by atoms with E-state index in [1.807, 2.05) is 0 Å². The lowest BCUT2D eigenvalue weighted by atomic mass is 9.75. The van der Waals surface area contributed by atoms with Gasteiger partial charge in [0, 0.05) is 25.2 Å². The molecule has 0 aromatic rings. The minimum Gasteiger partial charge on any atom is -0.374 e. The Hall–Kier alpha value is -0.120. The summed E-state index contributed by atoms with van der Waals surface area (Å²) in [5.41, 5.74) is 6.12. The van der Waals surface area contributed by atoms with Crippen molar-refractivity contribution in [2.24, 2.45) is 11.1 Å². The van der Waals surface area contributed by atoms with Crippen molar-refractivity contribution in [2.75, 3.05) is 19.7 Å². The van der Waals surface area contributed by atoms with E-state index >= 15 is 0 Å². The highest BCUT2D eigenvalue weighted by molar-refractivity contribution is 4.92. The minimum atomic E-state index is -0.169. The highest BCUT2D eigenvalue weighted by Crippen LogP contribution is 2.28. The van der Waals surface area contributed by atoms with Crippen LogP contribution in [0.3, 0.4) is 0 Å². The molecule has 0 amide bonds. The van der Waals surface area contributed by atoms with Crippen LogP contribution in [-0.4, -0.2) is 30.8 Å². The first-order chi connectivity index (χ1) is 7.16. The number of nitrogens with one attached hydrogen (secondary N) is 1. The van der Waals surface area contributed by atoms with E-state index in [0.717, 1.165) is 26.1 Å². The van der Waals surface area contributed by atoms with Gasteiger partial charge in [0.15, 0.2) is 0 Å². The Morgan fingerprint density at radius 1 is 1.31 bits per heavy atom. The lowest BCUT2D eigenvalue weighted by molar-refractivity contribution is 0.0178. The normalized spacial score (nSPS) is 27.4. The molecule has 3 heteroatoms. The van der Waals surface area contributed by atoms with Gasteiger partial charge in [0.25, 0.3) is 0 Å². The van der Waals surface area contributed by atoms with Crippen molar-refractivity contribution in [3.05, 3.63) is 0 Å². The van der Waals surface area contributed by atoms with Crippen LogP contribution in [0.2, 0.25) is 0 Å². The third-order valence-corrected chi connectivity index (χ3v) is 4.11. The first-order valence-corrected chi connectivity index (χ1v) is 6.30. The largest absolute Gasteiger partial charge is 0.374 e. The maximum Gasteiger partial charge on any atom is 0.0779 e. The molecule has 1 aliphatic rings. The quantitative estimate of drug-likeness (QED) is 0.755. The molecule has 3 nitrogen and oxygen atoms in total. The van der Waals surface area contributed by atoms with E-state index < -0.39 is 0 Å². The van der Waals surface area contributed by atoms with Gasteiger partial charge in [-0.15, -0.1) is 0 Å². The molecule has 0 saturated carbocycles. The van der Waals surface area contributed by atoms with Crippen LogP contribution in [0.4, 0.5) is 0 Å². The van der Waals surface area contributed by atoms with Crippen LogP contribution >= 0.6 is 0 Å². The molecule has 96 valence electrons. The van der Waals surface area contributed by atoms with Crippen LogP contribution in [0.15, 0.2) is 0 Å². The molecule has 0 radical (unpaired) electrons. The Labute approximate surface area is 100 Å². The van der Waals surface area contributed by atoms with Crippen LogP contribution in [-0.2, 0) is 4.74 Å². The second kappa shape index (κ2) is 4.63. The van der Waals surface area contributed by atoms with Gasteiger partial charge in [0.1, 0.15) is 0 Å². The smallest absolute Gasteiger partial charge is 0.0779 e. The first-order valence-electron chi connectivity index (χ1n) is 6.30. The monoisotopic (exact) mass is 228 g/mol. The van der Waals surface area contributed by atoms with E-state index in [2.05, 4.69) is 39.9 Å². The summed E-state index contributed by atoms with van der Waals surface area (Å²) in [7, 11) is 0. The Balaban J connectivity index is 2.35. The van der Waals surface area contributed by atoms with E-state index in [-0.39, 0.29) is 16.6 Å². The molecule has 0 aliphatic carbocycles. The number of ether oxygens (including phenoxy) is 1. The van der Waals surface area contributed by atoms with Crippen molar-refractivity contribution >= 4 is 0 Å². The van der Waals surface area contributed by atoms with E-state index in [4.69, 9.17) is 10.5 Å². The molecule has 0 aromatic carbocycles. The second-order valence-electron chi connectivity index (χ2n) is 6.61. The SMILES string of the molecule is CC1(CNCC(C)(C)C(C)(C)N)CCCO1. The first kappa shape index (κ1) is 13.9. The third-order valence-electron chi connectivity index (χ3n) is 4.11. The summed E-state index contributed by atoms with van der Waals surface area (Å²) in [6.45, 7) is 13.5. The zero-order valence-electron chi connectivity index (χ0n) is 11.5. The van der Waals surface area contributed by atoms with Crippen LogP contribution in [0, 0.1) is 5.41 Å². The van der Waals surface area contributed by atoms with Gasteiger partial charge in [-0.1, -0.05) is 13.8 Å². The van der Waals surface area contributed by atoms with Gasteiger partial charge < -0.3 is 15.8 Å². The van der Waals surface area contributed by atoms with Gasteiger partial charge in [0.2, 0.25) is 0 Å². The Kier molecular flexibility index (Phi) is 4.04. The zero-order chi connectivity index (χ0) is 12.4. The lowest BCUT2D eigenvalue weighted by Crippen LogP contribution is -2.53. The summed E-state index contributed by atoms with van der Waals surface area (Å²) in [5, 5.41) is 3.51. The van der Waals surface area contributed by atoms with Gasteiger partial charge in [-0.2, -0.15) is 0 Å². The molecule has 1 heterocycles. The Morgan fingerprint density at radius 2 is 1.94 bits per heavy atom. The van der Waals surface area contributed by atoms with Crippen molar-refractivity contribution in [1.82, 2.24) is 5.32 Å². The van der Waals surface area contributed by atoms with Crippen LogP contribution in [0.5, 0.6) is 0 Å². The fourth-order valence-corrected chi connectivity index (χ4v) is 1.84. The molecule has 0 bridgehead atoms. The predicted octanol–water partition coefficient (Wildman–Crippen LogP) is 1.91. The number of nitrogens with two attached hydrogens (primary N) is 1. The molecular weight excluding hydrogens is 200 g/mol. The van der Waals surface area contributed by atoms with Gasteiger partial charge in [0.05, 0.1) is 5.60 Å². The maximum absolute atomic E-state index is 6.17. The molecule has 0 aromatic heterocycles. The standard InChI is InChI=1S/C13H28N2O/c1-11(2,12(3,4)14)9-15-10-13(5)7-6-8-16-13/h15H,6-10,14H2,1-5H3. The number of hydrogen-bond donors (Lipinski definition) is 2. The topological polar surface area (TPSA) is 47.3 Å². The van der Waals surface area contributed by atoms with E-state index in [1.165, 1.54) is 6.42 Å². The van der Waals surface area contributed by atoms with Gasteiger partial charge in [-0.3, -0.25) is 0 Å². The third kappa shape index (κ3) is 3.44. The van der Waals surface area contributed by atoms with Gasteiger partial charge in [-0.05, 0) is 39.0 Å². The van der Waals surface area contributed by atoms with Crippen molar-refractivity contribution in [3.63, 3.8) is 0 Å². The lowest BCUT2D eigenvalue weighted by Gasteiger charge is -2.39. The van der Waals surface area contributed by atoms with E-state index in [1.54, 1.807) is 0 Å². The summed E-state index contributed by atoms with van der Waals surface area (Å²) in [4.78, 5) is 0. The van der Waals surface area contributed by atoms with Gasteiger partial charge >= 0.3 is 0 Å². The average molecular weight is 228 g/mol. The number of hydrogen-bond acceptors (Lipinski definition) is 3. The molecule has 1 saturated heterocycles. The molecule has 1 aliphatic heterocycles. The predicted molar refractivity (Wildman–Crippen MR) is 68.5 cm³/mol. The summed E-state index contributed by atoms with van der Waals surface area (Å²) in [6, 6.07) is 0. The van der Waals surface area contributed by atoms with Crippen molar-refractivity contribution in [2.45, 2.75) is 58.6 Å². The molecule has 16 heavy (non-hydrogen) atoms. The molecule has 1 rings (SSSR count). The van der Waals surface area contributed by atoms with E-state index in [9.17, 15) is 0 Å². The molecule has 1 atom stereocenters. The second-order valence-corrected chi connectivity index (χ2v) is 6.61. The fraction of sp³-hybridized carbons (Fsp3) is 1.00. The Morgan fingerprint density at radius 3 is 2.38 bits per heavy atom.